The number of nitrogens with zero attached hydrogens (tertiary/aromatic N) is 14. The second-order valence-corrected chi connectivity index (χ2v) is 31.7. The van der Waals surface area contributed by atoms with E-state index in [1.807, 2.05) is 0 Å². The molecule has 5 aliphatic carbocycles. The summed E-state index contributed by atoms with van der Waals surface area (Å²) in [5, 5.41) is 33.8. The molecule has 0 unspecified atom stereocenters. The molecule has 4 amide bonds. The van der Waals surface area contributed by atoms with E-state index in [0.717, 1.165) is 39.9 Å². The number of carboxylic acid groups (broad SMARTS) is 1. The first kappa shape index (κ1) is 71.3. The average molecular weight is 1580 g/mol. The number of hydrogen-bond acceptors (Lipinski definition) is 20. The Labute approximate surface area is 650 Å². The lowest BCUT2D eigenvalue weighted by molar-refractivity contribution is -0.170. The smallest absolute Gasteiger partial charge is 0.339 e. The van der Waals surface area contributed by atoms with Crippen molar-refractivity contribution < 1.29 is 93.0 Å². The molecule has 7 fully saturated rings. The van der Waals surface area contributed by atoms with E-state index >= 15 is 0 Å². The number of hydrogen-bond donors (Lipinski definition) is 1. The molecule has 28 nitrogen and oxygen atoms in total. The van der Waals surface area contributed by atoms with Crippen molar-refractivity contribution in [2.45, 2.75) is 187 Å². The molecule has 2 saturated heterocycles. The first-order valence-electron chi connectivity index (χ1n) is 39.8. The number of aromatic nitrogens is 10. The van der Waals surface area contributed by atoms with Gasteiger partial charge in [0, 0.05) is 102 Å². The van der Waals surface area contributed by atoms with Gasteiger partial charge in [-0.05, 0) is 166 Å². The van der Waals surface area contributed by atoms with Crippen LogP contribution in [-0.2, 0) is 88.0 Å². The standard InChI is InChI=1S/C31H38ClF2N5O5.C30H36ClF2N5O5.C15H18N4O4/c1-30(29(42)43-3)10-5-4-6-19(30)28(41)39-13-9-18-20(32)7-8-23(44-16-21-26(27(33)34)37(2)36-35-21)25(18)22(39)15-38-17-31(11-12-31)14-24(38)40;1-29(28(41)42)9-4-3-5-18(29)27(40)38-12-8-17-19(31)6-7-22(43-15-20-25(26(32)33)36(2)35-34-20)24(17)21(38)14-37-16-30(10-11-30)13-23(37)39;1-15(14(21)22-2)8-4-3-6-10(15)13(20)23-19-12-11(17-18-19)7-5-9-16-12/h7-8,19,22,27H,4-6,9-17H2,1-3H3;6-7,18,21,26H,3-5,8-16H2,1-2H3,(H,41,42);5,7,9-10H,3-4,6,8H2,1-2H3/t19-,22+,30-;18-,21+,29-;10-,15-/m000/s1/i4D2;2*3D2. The highest BCUT2D eigenvalue weighted by molar-refractivity contribution is 6.32. The molecule has 1 N–H and O–H groups in total. The number of carbonyl (C=O) groups is 8. The summed E-state index contributed by atoms with van der Waals surface area (Å²) >= 11 is 13.4. The fraction of sp³-hybridized carbons (Fsp3) is 0.618. The second-order valence-electron chi connectivity index (χ2n) is 30.9. The number of benzene rings is 2. The Morgan fingerprint density at radius 2 is 1.05 bits per heavy atom. The maximum Gasteiger partial charge on any atom is 0.339 e. The quantitative estimate of drug-likeness (QED) is 0.0447. The summed E-state index contributed by atoms with van der Waals surface area (Å²) in [4.78, 5) is 123. The molecule has 15 rings (SSSR count). The highest BCUT2D eigenvalue weighted by atomic mass is 35.5. The fourth-order valence-corrected chi connectivity index (χ4v) is 17.4. The topological polar surface area (TPSA) is 321 Å². The van der Waals surface area contributed by atoms with Gasteiger partial charge in [-0.2, -0.15) is 0 Å². The zero-order valence-corrected chi connectivity index (χ0v) is 63.6. The van der Waals surface area contributed by atoms with Crippen molar-refractivity contribution in [3.63, 3.8) is 0 Å². The number of carboxylic acids is 1. The number of alkyl halides is 4. The minimum Gasteiger partial charge on any atom is -0.487 e. The molecule has 110 heavy (non-hydrogen) atoms. The number of carbonyl (C=O) groups excluding carboxylic acids is 7. The molecule has 5 saturated carbocycles. The van der Waals surface area contributed by atoms with E-state index in [4.69, 9.17) is 55.2 Å². The molecule has 8 heterocycles. The Kier molecular flexibility index (Phi) is 20.5. The zero-order chi connectivity index (χ0) is 83.9. The maximum absolute atomic E-state index is 14.7. The van der Waals surface area contributed by atoms with Crippen molar-refractivity contribution >= 4 is 81.9 Å². The summed E-state index contributed by atoms with van der Waals surface area (Å²) in [5.74, 6) is -6.66. The Bertz CT molecular complexity index is 4860. The summed E-state index contributed by atoms with van der Waals surface area (Å²) in [7, 11) is 5.23. The number of likely N-dealkylation sites (tertiary alicyclic amines) is 2. The van der Waals surface area contributed by atoms with Crippen LogP contribution < -0.4 is 14.3 Å². The average Bonchev–Trinajstić information content (AvgIpc) is 1.16. The SMILES string of the molecule is [2H]C1([2H])CC[C@](C)(C(=O)O)[C@H](C(=O)N2CCc3c(Cl)ccc(OCc4nnn(C)c4C(F)F)c3[C@H]2CN2CC3(CC3)CC2=O)C1.[2H]C1([2H])CC[C@](C)(C(=O)OC)[C@H](C(=O)N2CCc3c(Cl)ccc(OCc4nnn(C)c4C(F)F)c3[C@H]2CN2CC3(CC3)CC2=O)C1.[2H]C1([2H])CC[C@](C)(C(=O)OC)[C@H](C(=O)On2nnc3cccnc32)C1. The molecule has 4 aliphatic heterocycles. The summed E-state index contributed by atoms with van der Waals surface area (Å²) in [5.41, 5.74) is -1.68. The van der Waals surface area contributed by atoms with Gasteiger partial charge in [0.05, 0.1) is 60.3 Å². The van der Waals surface area contributed by atoms with Crippen LogP contribution in [0.5, 0.6) is 11.5 Å². The molecule has 2 spiro atoms. The lowest BCUT2D eigenvalue weighted by Gasteiger charge is -2.45. The minimum atomic E-state index is -2.83. The normalized spacial score (nSPS) is 27.9. The molecule has 8 atom stereocenters. The van der Waals surface area contributed by atoms with E-state index in [2.05, 4.69) is 35.9 Å². The monoisotopic (exact) mass is 1580 g/mol. The summed E-state index contributed by atoms with van der Waals surface area (Å²) in [6.45, 7) is 5.79. The molecule has 592 valence electrons. The Balaban J connectivity index is 0.000000158. The van der Waals surface area contributed by atoms with Crippen molar-refractivity contribution in [2.24, 2.45) is 58.9 Å². The molecule has 9 aliphatic rings. The number of methoxy groups -OCH3 is 2. The van der Waals surface area contributed by atoms with E-state index in [0.29, 0.717) is 82.3 Å². The number of esters is 2. The van der Waals surface area contributed by atoms with Crippen molar-refractivity contribution in [1.82, 2.24) is 69.7 Å². The van der Waals surface area contributed by atoms with Crippen LogP contribution in [0.2, 0.25) is 10.0 Å². The Hall–Kier alpha value is -9.07. The van der Waals surface area contributed by atoms with Gasteiger partial charge in [0.1, 0.15) is 53.0 Å². The predicted octanol–water partition coefficient (Wildman–Crippen LogP) is 10.6. The number of halogens is 6. The van der Waals surface area contributed by atoms with E-state index < -0.39 is 114 Å². The molecular formula is C76H92Cl2F4N14O14. The number of pyridine rings is 1. The first-order chi connectivity index (χ1) is 54.6. The molecule has 2 aromatic carbocycles. The maximum atomic E-state index is 14.7. The number of aliphatic carboxylic acids is 1. The van der Waals surface area contributed by atoms with Gasteiger partial charge in [0.2, 0.25) is 29.3 Å². The lowest BCUT2D eigenvalue weighted by atomic mass is 9.66. The van der Waals surface area contributed by atoms with Crippen LogP contribution in [0, 0.1) is 44.8 Å². The van der Waals surface area contributed by atoms with Crippen molar-refractivity contribution in [3.05, 3.63) is 97.7 Å². The van der Waals surface area contributed by atoms with Crippen LogP contribution in [0.25, 0.3) is 11.2 Å². The molecular weight excluding hydrogens is 1480 g/mol. The van der Waals surface area contributed by atoms with Gasteiger partial charge < -0.3 is 48.5 Å². The van der Waals surface area contributed by atoms with Gasteiger partial charge in [0.25, 0.3) is 12.9 Å². The molecule has 4 aromatic heterocycles. The van der Waals surface area contributed by atoms with Gasteiger partial charge >= 0.3 is 23.9 Å². The van der Waals surface area contributed by atoms with Crippen LogP contribution >= 0.6 is 23.2 Å². The van der Waals surface area contributed by atoms with Crippen LogP contribution in [0.15, 0.2) is 42.6 Å². The number of amides is 4. The highest BCUT2D eigenvalue weighted by Gasteiger charge is 2.57. The minimum absolute atomic E-state index is 0.00125. The van der Waals surface area contributed by atoms with Crippen molar-refractivity contribution in [1.29, 1.82) is 0 Å². The molecule has 0 radical (unpaired) electrons. The third-order valence-corrected chi connectivity index (χ3v) is 24.8. The van der Waals surface area contributed by atoms with E-state index in [1.54, 1.807) is 69.8 Å². The summed E-state index contributed by atoms with van der Waals surface area (Å²) in [6.07, 6.45) is -3.79. The molecule has 0 bridgehead atoms. The van der Waals surface area contributed by atoms with Crippen LogP contribution in [-0.4, -0.2) is 176 Å². The predicted molar refractivity (Wildman–Crippen MR) is 384 cm³/mol. The van der Waals surface area contributed by atoms with Crippen LogP contribution in [0.4, 0.5) is 17.6 Å². The molecule has 34 heteroatoms. The zero-order valence-electron chi connectivity index (χ0n) is 68.0. The number of rotatable bonds is 19. The summed E-state index contributed by atoms with van der Waals surface area (Å²) < 4.78 is 129. The highest BCUT2D eigenvalue weighted by Crippen LogP contribution is 2.56. The Morgan fingerprint density at radius 1 is 0.609 bits per heavy atom. The number of ether oxygens (including phenoxy) is 4. The van der Waals surface area contributed by atoms with Gasteiger partial charge in [-0.1, -0.05) is 72.0 Å². The van der Waals surface area contributed by atoms with E-state index in [-0.39, 0.29) is 154 Å². The van der Waals surface area contributed by atoms with Gasteiger partial charge in [0.15, 0.2) is 0 Å². The van der Waals surface area contributed by atoms with Gasteiger partial charge in [-0.15, -0.1) is 15.3 Å². The van der Waals surface area contributed by atoms with Gasteiger partial charge in [-0.25, -0.2) is 36.7 Å². The lowest BCUT2D eigenvalue weighted by Crippen LogP contribution is -2.53. The van der Waals surface area contributed by atoms with Crippen LogP contribution in [0.1, 0.15) is 214 Å². The van der Waals surface area contributed by atoms with Gasteiger partial charge in [-0.3, -0.25) is 33.6 Å². The van der Waals surface area contributed by atoms with Crippen LogP contribution in [0.3, 0.4) is 0 Å². The van der Waals surface area contributed by atoms with E-state index in [9.17, 15) is 61.0 Å². The second kappa shape index (κ2) is 31.6. The number of aryl methyl sites for hydroxylation is 2. The Morgan fingerprint density at radius 3 is 1.47 bits per heavy atom. The van der Waals surface area contributed by atoms with E-state index in [1.165, 1.54) is 41.4 Å². The molecule has 6 aromatic rings. The fourth-order valence-electron chi connectivity index (χ4n) is 16.9. The van der Waals surface area contributed by atoms with Crippen molar-refractivity contribution in [2.75, 3.05) is 53.5 Å². The third-order valence-electron chi connectivity index (χ3n) is 24.1. The van der Waals surface area contributed by atoms with Crippen molar-refractivity contribution in [3.8, 4) is 11.5 Å². The third kappa shape index (κ3) is 15.3. The first-order valence-corrected chi connectivity index (χ1v) is 37.5. The summed E-state index contributed by atoms with van der Waals surface area (Å²) in [6, 6.07) is 8.28. The number of fused-ring (bicyclic) bond motifs is 3. The largest absolute Gasteiger partial charge is 0.487 e.